The Labute approximate surface area is 166 Å². The Morgan fingerprint density at radius 3 is 2.18 bits per heavy atom. The number of alkyl halides is 5. The van der Waals surface area contributed by atoms with Gasteiger partial charge < -0.3 is 10.6 Å². The van der Waals surface area contributed by atoms with Gasteiger partial charge in [0, 0.05) is 11.3 Å². The number of amides is 2. The lowest BCUT2D eigenvalue weighted by Gasteiger charge is -2.16. The van der Waals surface area contributed by atoms with E-state index < -0.39 is 45.3 Å². The molecule has 0 bridgehead atoms. The van der Waals surface area contributed by atoms with Gasteiger partial charge in [-0.1, -0.05) is 0 Å². The molecule has 10 heteroatoms. The van der Waals surface area contributed by atoms with Crippen LogP contribution in [0.25, 0.3) is 0 Å². The van der Waals surface area contributed by atoms with E-state index in [9.17, 15) is 27.2 Å². The fourth-order valence-electron chi connectivity index (χ4n) is 2.49. The van der Waals surface area contributed by atoms with Crippen LogP contribution in [0.5, 0.6) is 0 Å². The fourth-order valence-corrected chi connectivity index (χ4v) is 2.99. The minimum atomic E-state index is -4.79. The zero-order valence-corrected chi connectivity index (χ0v) is 15.4. The lowest BCUT2D eigenvalue weighted by molar-refractivity contribution is -0.136. The molecule has 2 aromatic rings. The first-order chi connectivity index (χ1) is 13.0. The highest BCUT2D eigenvalue weighted by Crippen LogP contribution is 2.53. The first kappa shape index (κ1) is 20.4. The smallest absolute Gasteiger partial charge is 0.325 e. The van der Waals surface area contributed by atoms with Crippen molar-refractivity contribution < 1.29 is 27.2 Å². The normalized spacial score (nSPS) is 17.7. The number of nitrogens with one attached hydrogen (secondary N) is 2. The van der Waals surface area contributed by atoms with Crippen molar-refractivity contribution in [1.82, 2.24) is 0 Å². The van der Waals surface area contributed by atoms with Crippen LogP contribution in [0.15, 0.2) is 42.5 Å². The molecule has 1 unspecified atom stereocenters. The third-order valence-corrected chi connectivity index (χ3v) is 4.93. The maximum absolute atomic E-state index is 13.4. The molecule has 28 heavy (non-hydrogen) atoms. The van der Waals surface area contributed by atoms with E-state index in [1.165, 1.54) is 18.2 Å². The molecule has 148 valence electrons. The summed E-state index contributed by atoms with van der Waals surface area (Å²) in [5, 5.41) is 4.47. The Bertz CT molecular complexity index is 930. The van der Waals surface area contributed by atoms with E-state index >= 15 is 0 Å². The Hall–Kier alpha value is -2.32. The van der Waals surface area contributed by atoms with Gasteiger partial charge in [-0.2, -0.15) is 13.2 Å². The summed E-state index contributed by atoms with van der Waals surface area (Å²) in [6, 6.07) is 7.43. The Morgan fingerprint density at radius 2 is 1.64 bits per heavy atom. The number of hydrogen-bond donors (Lipinski definition) is 2. The van der Waals surface area contributed by atoms with Crippen molar-refractivity contribution >= 4 is 46.4 Å². The second kappa shape index (κ2) is 7.25. The van der Waals surface area contributed by atoms with E-state index in [4.69, 9.17) is 23.2 Å². The van der Waals surface area contributed by atoms with Gasteiger partial charge in [-0.3, -0.25) is 9.59 Å². The number of halogens is 6. The summed E-state index contributed by atoms with van der Waals surface area (Å²) in [5.41, 5.74) is -1.70. The number of carbonyl (C=O) groups excluding carboxylic acids is 2. The Kier molecular flexibility index (Phi) is 5.29. The molecule has 1 atom stereocenters. The molecular formula is C18H12Cl2F4N2O2. The Morgan fingerprint density at radius 1 is 1.04 bits per heavy atom. The number of hydrogen-bond acceptors (Lipinski definition) is 2. The van der Waals surface area contributed by atoms with E-state index in [1.54, 1.807) is 0 Å². The number of benzene rings is 2. The average molecular weight is 435 g/mol. The van der Waals surface area contributed by atoms with Gasteiger partial charge in [0.05, 0.1) is 17.2 Å². The average Bonchev–Trinajstić information content (AvgIpc) is 3.24. The first-order valence-electron chi connectivity index (χ1n) is 7.94. The van der Waals surface area contributed by atoms with Crippen LogP contribution in [0.4, 0.5) is 28.9 Å². The van der Waals surface area contributed by atoms with Crippen molar-refractivity contribution in [3.05, 3.63) is 59.4 Å². The van der Waals surface area contributed by atoms with Crippen molar-refractivity contribution in [2.45, 2.75) is 16.9 Å². The zero-order chi connectivity index (χ0) is 20.7. The predicted molar refractivity (Wildman–Crippen MR) is 97.0 cm³/mol. The van der Waals surface area contributed by atoms with Crippen LogP contribution < -0.4 is 10.6 Å². The molecule has 2 amide bonds. The molecule has 0 aliphatic heterocycles. The van der Waals surface area contributed by atoms with Crippen LogP contribution in [0.3, 0.4) is 0 Å². The van der Waals surface area contributed by atoms with E-state index in [2.05, 4.69) is 10.6 Å². The van der Waals surface area contributed by atoms with Crippen LogP contribution in [-0.4, -0.2) is 16.1 Å². The quantitative estimate of drug-likeness (QED) is 0.511. The van der Waals surface area contributed by atoms with Crippen LogP contribution in [0.1, 0.15) is 22.3 Å². The molecule has 4 nitrogen and oxygen atoms in total. The predicted octanol–water partition coefficient (Wildman–Crippen LogP) is 5.23. The van der Waals surface area contributed by atoms with Crippen molar-refractivity contribution in [2.24, 2.45) is 5.92 Å². The summed E-state index contributed by atoms with van der Waals surface area (Å²) >= 11 is 11.5. The maximum atomic E-state index is 13.4. The third kappa shape index (κ3) is 4.56. The van der Waals surface area contributed by atoms with Gasteiger partial charge in [0.2, 0.25) is 5.91 Å². The van der Waals surface area contributed by atoms with Gasteiger partial charge >= 0.3 is 6.18 Å². The summed E-state index contributed by atoms with van der Waals surface area (Å²) in [6.07, 6.45) is -4.64. The monoisotopic (exact) mass is 434 g/mol. The van der Waals surface area contributed by atoms with E-state index in [-0.39, 0.29) is 17.7 Å². The summed E-state index contributed by atoms with van der Waals surface area (Å²) in [4.78, 5) is 24.1. The minimum absolute atomic E-state index is 0.0710. The lowest BCUT2D eigenvalue weighted by Crippen LogP contribution is -2.20. The summed E-state index contributed by atoms with van der Waals surface area (Å²) in [6.45, 7) is 0. The third-order valence-electron chi connectivity index (χ3n) is 4.09. The molecule has 0 heterocycles. The lowest BCUT2D eigenvalue weighted by atomic mass is 10.1. The first-order valence-corrected chi connectivity index (χ1v) is 8.70. The Balaban J connectivity index is 1.81. The molecule has 0 saturated heterocycles. The molecule has 1 aliphatic carbocycles. The number of anilines is 2. The van der Waals surface area contributed by atoms with Crippen LogP contribution in [0, 0.1) is 11.7 Å². The molecular weight excluding hydrogens is 423 g/mol. The molecule has 0 spiro atoms. The minimum Gasteiger partial charge on any atom is -0.325 e. The largest absolute Gasteiger partial charge is 0.418 e. The molecule has 1 fully saturated rings. The van der Waals surface area contributed by atoms with Gasteiger partial charge in [-0.05, 0) is 48.9 Å². The van der Waals surface area contributed by atoms with Gasteiger partial charge in [0.15, 0.2) is 0 Å². The van der Waals surface area contributed by atoms with E-state index in [0.717, 1.165) is 18.2 Å². The second-order valence-electron chi connectivity index (χ2n) is 6.23. The molecule has 1 saturated carbocycles. The highest BCUT2D eigenvalue weighted by atomic mass is 35.5. The fraction of sp³-hybridized carbons (Fsp3) is 0.222. The van der Waals surface area contributed by atoms with Crippen molar-refractivity contribution in [3.63, 3.8) is 0 Å². The highest BCUT2D eigenvalue weighted by molar-refractivity contribution is 6.52. The molecule has 0 aromatic heterocycles. The van der Waals surface area contributed by atoms with Gasteiger partial charge in [0.1, 0.15) is 10.2 Å². The van der Waals surface area contributed by atoms with Crippen LogP contribution in [-0.2, 0) is 11.0 Å². The van der Waals surface area contributed by atoms with Gasteiger partial charge in [0.25, 0.3) is 5.91 Å². The molecule has 2 aromatic carbocycles. The summed E-state index contributed by atoms with van der Waals surface area (Å²) in [5.74, 6) is -2.78. The number of rotatable bonds is 4. The van der Waals surface area contributed by atoms with Crippen molar-refractivity contribution in [3.8, 4) is 0 Å². The van der Waals surface area contributed by atoms with Crippen molar-refractivity contribution in [2.75, 3.05) is 10.6 Å². The molecule has 1 aliphatic rings. The molecule has 0 radical (unpaired) electrons. The number of carbonyl (C=O) groups is 2. The molecule has 3 rings (SSSR count). The zero-order valence-electron chi connectivity index (χ0n) is 13.9. The van der Waals surface area contributed by atoms with Crippen LogP contribution >= 0.6 is 23.2 Å². The SMILES string of the molecule is O=C(Nc1ccc(NC(=O)C2CC2(Cl)Cl)c(C(F)(F)F)c1)c1ccc(F)cc1. The summed E-state index contributed by atoms with van der Waals surface area (Å²) in [7, 11) is 0. The van der Waals surface area contributed by atoms with Crippen LogP contribution in [0.2, 0.25) is 0 Å². The topological polar surface area (TPSA) is 58.2 Å². The van der Waals surface area contributed by atoms with Crippen molar-refractivity contribution in [1.29, 1.82) is 0 Å². The second-order valence-corrected chi connectivity index (χ2v) is 7.77. The molecule has 2 N–H and O–H groups in total. The van der Waals surface area contributed by atoms with E-state index in [1.807, 2.05) is 0 Å². The van der Waals surface area contributed by atoms with Gasteiger partial charge in [-0.15, -0.1) is 23.2 Å². The highest BCUT2D eigenvalue weighted by Gasteiger charge is 2.56. The summed E-state index contributed by atoms with van der Waals surface area (Å²) < 4.78 is 51.8. The van der Waals surface area contributed by atoms with E-state index in [0.29, 0.717) is 6.07 Å². The maximum Gasteiger partial charge on any atom is 0.418 e. The van der Waals surface area contributed by atoms with Gasteiger partial charge in [-0.25, -0.2) is 4.39 Å². The standard InChI is InChI=1S/C18H12Cl2F4N2O2/c19-17(20)8-13(17)16(28)26-14-6-5-11(7-12(14)18(22,23)24)25-15(27)9-1-3-10(21)4-2-9/h1-7,13H,8H2,(H,25,27)(H,26,28).